The van der Waals surface area contributed by atoms with Gasteiger partial charge in [-0.2, -0.15) is 5.10 Å². The van der Waals surface area contributed by atoms with Crippen LogP contribution < -0.4 is 5.32 Å². The van der Waals surface area contributed by atoms with Crippen LogP contribution >= 0.6 is 0 Å². The third-order valence-corrected chi connectivity index (χ3v) is 3.59. The molecule has 1 N–H and O–H groups in total. The molecule has 0 radical (unpaired) electrons. The molecule has 0 spiro atoms. The molecule has 1 fully saturated rings. The number of carbonyl (C=O) groups excluding carboxylic acids is 1. The zero-order chi connectivity index (χ0) is 14.1. The maximum atomic E-state index is 12.0. The molecule has 106 valence electrons. The number of aryl methyl sites for hydroxylation is 1. The Bertz CT molecular complexity index is 598. The van der Waals surface area contributed by atoms with Crippen molar-refractivity contribution in [1.82, 2.24) is 24.8 Å². The first kappa shape index (κ1) is 12.8. The number of nitrogens with zero attached hydrogens (tertiary/aromatic N) is 5. The molecule has 1 aliphatic rings. The summed E-state index contributed by atoms with van der Waals surface area (Å²) >= 11 is 0. The summed E-state index contributed by atoms with van der Waals surface area (Å²) in [6, 6.07) is 2.23. The minimum atomic E-state index is -0.125. The van der Waals surface area contributed by atoms with Crippen molar-refractivity contribution < 1.29 is 4.79 Å². The van der Waals surface area contributed by atoms with Crippen molar-refractivity contribution in [3.05, 3.63) is 24.2 Å². The van der Waals surface area contributed by atoms with Gasteiger partial charge in [0.2, 0.25) is 5.91 Å². The minimum Gasteiger partial charge on any atom is -0.309 e. The lowest BCUT2D eigenvalue weighted by Gasteiger charge is -2.15. The highest BCUT2D eigenvalue weighted by Gasteiger charge is 2.31. The molecule has 2 aromatic rings. The number of amides is 1. The molecule has 3 rings (SSSR count). The second-order valence-electron chi connectivity index (χ2n) is 5.34. The maximum Gasteiger partial charge on any atom is 0.247 e. The van der Waals surface area contributed by atoms with E-state index in [1.165, 1.54) is 17.5 Å². The fourth-order valence-electron chi connectivity index (χ4n) is 2.35. The molecule has 1 aliphatic carbocycles. The van der Waals surface area contributed by atoms with Gasteiger partial charge in [0.05, 0.1) is 17.9 Å². The van der Waals surface area contributed by atoms with Gasteiger partial charge in [-0.15, -0.1) is 5.10 Å². The number of rotatable bonds is 5. The summed E-state index contributed by atoms with van der Waals surface area (Å²) in [5.41, 5.74) is 0.911. The van der Waals surface area contributed by atoms with Crippen molar-refractivity contribution >= 4 is 11.7 Å². The Morgan fingerprint density at radius 1 is 1.55 bits per heavy atom. The normalized spacial score (nSPS) is 16.1. The summed E-state index contributed by atoms with van der Waals surface area (Å²) in [6.07, 6.45) is 5.70. The first-order chi connectivity index (χ1) is 9.63. The van der Waals surface area contributed by atoms with E-state index in [2.05, 4.69) is 27.7 Å². The minimum absolute atomic E-state index is 0.125. The zero-order valence-electron chi connectivity index (χ0n) is 11.7. The first-order valence-electron chi connectivity index (χ1n) is 6.83. The fraction of sp³-hybridized carbons (Fsp3) is 0.538. The van der Waals surface area contributed by atoms with Gasteiger partial charge in [0, 0.05) is 12.3 Å². The molecule has 7 nitrogen and oxygen atoms in total. The summed E-state index contributed by atoms with van der Waals surface area (Å²) in [5, 5.41) is 14.9. The van der Waals surface area contributed by atoms with Gasteiger partial charge in [0.25, 0.3) is 0 Å². The van der Waals surface area contributed by atoms with E-state index in [-0.39, 0.29) is 12.5 Å². The van der Waals surface area contributed by atoms with E-state index < -0.39 is 0 Å². The monoisotopic (exact) mass is 274 g/mol. The highest BCUT2D eigenvalue weighted by atomic mass is 16.2. The van der Waals surface area contributed by atoms with Gasteiger partial charge >= 0.3 is 0 Å². The van der Waals surface area contributed by atoms with Crippen LogP contribution in [0.4, 0.5) is 5.82 Å². The van der Waals surface area contributed by atoms with Crippen LogP contribution in [0.5, 0.6) is 0 Å². The predicted molar refractivity (Wildman–Crippen MR) is 73.1 cm³/mol. The van der Waals surface area contributed by atoms with E-state index in [1.54, 1.807) is 12.4 Å². The topological polar surface area (TPSA) is 77.6 Å². The van der Waals surface area contributed by atoms with Crippen LogP contribution in [0.3, 0.4) is 0 Å². The van der Waals surface area contributed by atoms with E-state index >= 15 is 0 Å². The van der Waals surface area contributed by atoms with E-state index in [1.807, 2.05) is 17.7 Å². The van der Waals surface area contributed by atoms with Crippen LogP contribution in [-0.2, 0) is 11.3 Å². The third-order valence-electron chi connectivity index (χ3n) is 3.59. The summed E-state index contributed by atoms with van der Waals surface area (Å²) in [4.78, 5) is 12.0. The van der Waals surface area contributed by atoms with Crippen molar-refractivity contribution in [1.29, 1.82) is 0 Å². The van der Waals surface area contributed by atoms with Gasteiger partial charge in [0.15, 0.2) is 0 Å². The number of aromatic nitrogens is 5. The molecule has 0 saturated heterocycles. The molecule has 0 bridgehead atoms. The molecule has 2 heterocycles. The van der Waals surface area contributed by atoms with E-state index in [0.29, 0.717) is 12.0 Å². The molecule has 7 heteroatoms. The van der Waals surface area contributed by atoms with Crippen LogP contribution in [0.2, 0.25) is 0 Å². The van der Waals surface area contributed by atoms with Gasteiger partial charge in [-0.05, 0) is 32.6 Å². The molecule has 2 aromatic heterocycles. The molecular formula is C13H18N6O. The second kappa shape index (κ2) is 5.07. The summed E-state index contributed by atoms with van der Waals surface area (Å²) in [5.74, 6) is 1.31. The van der Waals surface area contributed by atoms with Crippen molar-refractivity contribution in [3.8, 4) is 0 Å². The number of carbonyl (C=O) groups is 1. The molecule has 0 aliphatic heterocycles. The molecular weight excluding hydrogens is 256 g/mol. The summed E-state index contributed by atoms with van der Waals surface area (Å²) in [6.45, 7) is 4.24. The predicted octanol–water partition coefficient (Wildman–Crippen LogP) is 1.39. The molecule has 0 aromatic carbocycles. The smallest absolute Gasteiger partial charge is 0.247 e. The molecule has 1 atom stereocenters. The molecule has 20 heavy (non-hydrogen) atoms. The molecule has 1 saturated carbocycles. The lowest BCUT2D eigenvalue weighted by Crippen LogP contribution is -2.22. The Morgan fingerprint density at radius 3 is 3.00 bits per heavy atom. The SMILES string of the molecule is Cc1cc(NC(=O)Cn2ccnn2)n(C(C)C2CC2)n1. The Labute approximate surface area is 117 Å². The van der Waals surface area contributed by atoms with Crippen LogP contribution in [0.1, 0.15) is 31.5 Å². The maximum absolute atomic E-state index is 12.0. The third kappa shape index (κ3) is 2.71. The average Bonchev–Trinajstić information content (AvgIpc) is 3.02. The van der Waals surface area contributed by atoms with E-state index in [9.17, 15) is 4.79 Å². The van der Waals surface area contributed by atoms with Crippen LogP contribution in [0.15, 0.2) is 18.5 Å². The number of nitrogens with one attached hydrogen (secondary N) is 1. The van der Waals surface area contributed by atoms with Crippen molar-refractivity contribution in [2.75, 3.05) is 5.32 Å². The largest absolute Gasteiger partial charge is 0.309 e. The first-order valence-corrected chi connectivity index (χ1v) is 6.83. The number of hydrogen-bond acceptors (Lipinski definition) is 4. The Morgan fingerprint density at radius 2 is 2.35 bits per heavy atom. The standard InChI is InChI=1S/C13H18N6O/c1-9-7-12(19(16-9)10(2)11-3-4-11)15-13(20)8-18-6-5-14-17-18/h5-7,10-11H,3-4,8H2,1-2H3,(H,15,20). The fourth-order valence-corrected chi connectivity index (χ4v) is 2.35. The van der Waals surface area contributed by atoms with Gasteiger partial charge < -0.3 is 5.32 Å². The highest BCUT2D eigenvalue weighted by Crippen LogP contribution is 2.40. The number of anilines is 1. The number of hydrogen-bond donors (Lipinski definition) is 1. The summed E-state index contributed by atoms with van der Waals surface area (Å²) in [7, 11) is 0. The van der Waals surface area contributed by atoms with Gasteiger partial charge in [0.1, 0.15) is 12.4 Å². The second-order valence-corrected chi connectivity index (χ2v) is 5.34. The Kier molecular flexibility index (Phi) is 3.25. The Hall–Kier alpha value is -2.18. The lowest BCUT2D eigenvalue weighted by molar-refractivity contribution is -0.117. The Balaban J connectivity index is 1.71. The van der Waals surface area contributed by atoms with Crippen molar-refractivity contribution in [2.45, 2.75) is 39.3 Å². The molecule has 1 unspecified atom stereocenters. The summed E-state index contributed by atoms with van der Waals surface area (Å²) < 4.78 is 3.42. The zero-order valence-corrected chi connectivity index (χ0v) is 11.7. The highest BCUT2D eigenvalue weighted by molar-refractivity contribution is 5.89. The van der Waals surface area contributed by atoms with E-state index in [0.717, 1.165) is 11.5 Å². The van der Waals surface area contributed by atoms with Crippen LogP contribution in [0.25, 0.3) is 0 Å². The quantitative estimate of drug-likeness (QED) is 0.893. The van der Waals surface area contributed by atoms with Gasteiger partial charge in [-0.3, -0.25) is 4.79 Å². The lowest BCUT2D eigenvalue weighted by atomic mass is 10.2. The van der Waals surface area contributed by atoms with Crippen molar-refractivity contribution in [2.24, 2.45) is 5.92 Å². The average molecular weight is 274 g/mol. The van der Waals surface area contributed by atoms with Gasteiger partial charge in [-0.25, -0.2) is 9.36 Å². The van der Waals surface area contributed by atoms with Gasteiger partial charge in [-0.1, -0.05) is 5.21 Å². The van der Waals surface area contributed by atoms with Crippen molar-refractivity contribution in [3.63, 3.8) is 0 Å². The molecule has 1 amide bonds. The van der Waals surface area contributed by atoms with Crippen LogP contribution in [-0.4, -0.2) is 30.7 Å². The van der Waals surface area contributed by atoms with Crippen LogP contribution in [0, 0.1) is 12.8 Å². The van der Waals surface area contributed by atoms with E-state index in [4.69, 9.17) is 0 Å².